The molecule has 0 radical (unpaired) electrons. The molecule has 0 amide bonds. The van der Waals surface area contributed by atoms with Gasteiger partial charge in [0, 0.05) is 7.11 Å². The highest BCUT2D eigenvalue weighted by Crippen LogP contribution is 2.34. The van der Waals surface area contributed by atoms with Crippen molar-refractivity contribution in [1.29, 1.82) is 0 Å². The largest absolute Gasteiger partial charge is 0.376 e. The summed E-state index contributed by atoms with van der Waals surface area (Å²) >= 11 is 0. The van der Waals surface area contributed by atoms with Crippen molar-refractivity contribution in [3.63, 3.8) is 0 Å². The first-order chi connectivity index (χ1) is 19.6. The number of methoxy groups -OCH3 is 1. The van der Waals surface area contributed by atoms with E-state index < -0.39 is 105 Å². The van der Waals surface area contributed by atoms with Gasteiger partial charge in [0.25, 0.3) is 30.5 Å². The van der Waals surface area contributed by atoms with E-state index in [-0.39, 0.29) is 0 Å². The molecule has 0 aromatic carbocycles. The molecule has 0 saturated carbocycles. The minimum atomic E-state index is -2.36. The first-order valence-corrected chi connectivity index (χ1v) is 10.9. The predicted molar refractivity (Wildman–Crippen MR) is 112 cm³/mol. The Morgan fingerprint density at radius 1 is 0.548 bits per heavy atom. The summed E-state index contributed by atoms with van der Waals surface area (Å²) in [4.78, 5) is 92.5. The monoisotopic (exact) mass is 624 g/mol. The second-order valence-corrected chi connectivity index (χ2v) is 7.94. The van der Waals surface area contributed by atoms with E-state index >= 15 is 0 Å². The Morgan fingerprint density at radius 3 is 1.38 bits per heavy atom. The lowest BCUT2D eigenvalue weighted by molar-refractivity contribution is -0.810. The van der Waals surface area contributed by atoms with Crippen LogP contribution in [0.25, 0.3) is 0 Å². The first kappa shape index (κ1) is 33.2. The molecule has 28 heteroatoms. The minimum absolute atomic E-state index is 0.899. The van der Waals surface area contributed by atoms with Crippen molar-refractivity contribution in [2.45, 2.75) is 68.1 Å². The fourth-order valence-electron chi connectivity index (χ4n) is 4.12. The lowest BCUT2D eigenvalue weighted by Crippen LogP contribution is -2.66. The summed E-state index contributed by atoms with van der Waals surface area (Å²) in [6.45, 7) is -1.07. The highest BCUT2D eigenvalue weighted by atomic mass is 17.0. The molecule has 0 aromatic heterocycles. The molecular formula is C14H20N6O22. The molecule has 42 heavy (non-hydrogen) atoms. The Bertz CT molecular complexity index is 1020. The zero-order valence-electron chi connectivity index (χ0n) is 20.9. The second-order valence-electron chi connectivity index (χ2n) is 7.94. The van der Waals surface area contributed by atoms with E-state index in [0.29, 0.717) is 0 Å². The molecule has 2 heterocycles. The van der Waals surface area contributed by atoms with Crippen LogP contribution in [0.3, 0.4) is 0 Å². The van der Waals surface area contributed by atoms with Crippen molar-refractivity contribution in [2.24, 2.45) is 0 Å². The lowest BCUT2D eigenvalue weighted by atomic mass is 9.94. The van der Waals surface area contributed by atoms with E-state index in [2.05, 4.69) is 29.0 Å². The Labute approximate surface area is 228 Å². The van der Waals surface area contributed by atoms with Gasteiger partial charge in [-0.15, -0.1) is 60.7 Å². The Balaban J connectivity index is 2.61. The normalized spacial score (nSPS) is 32.4. The second kappa shape index (κ2) is 14.6. The van der Waals surface area contributed by atoms with Crippen molar-refractivity contribution < 1.29 is 78.5 Å². The predicted octanol–water partition coefficient (Wildman–Crippen LogP) is -2.38. The van der Waals surface area contributed by atoms with Crippen LogP contribution in [0.5, 0.6) is 0 Å². The van der Waals surface area contributed by atoms with Crippen molar-refractivity contribution in [1.82, 2.24) is 0 Å². The molecule has 0 bridgehead atoms. The van der Waals surface area contributed by atoms with Crippen LogP contribution in [0.1, 0.15) is 6.92 Å². The lowest BCUT2D eigenvalue weighted by Gasteiger charge is -2.47. The highest BCUT2D eigenvalue weighted by Gasteiger charge is 2.56. The van der Waals surface area contributed by atoms with Gasteiger partial charge in [0.15, 0.2) is 30.7 Å². The maximum absolute atomic E-state index is 11.3. The van der Waals surface area contributed by atoms with Gasteiger partial charge in [-0.05, 0) is 6.92 Å². The van der Waals surface area contributed by atoms with E-state index in [0.717, 1.165) is 14.0 Å². The molecule has 2 saturated heterocycles. The molecule has 238 valence electrons. The minimum Gasteiger partial charge on any atom is -0.376 e. The zero-order chi connectivity index (χ0) is 31.7. The summed E-state index contributed by atoms with van der Waals surface area (Å²) in [5.41, 5.74) is 0. The number of hydrogen-bond donors (Lipinski definition) is 0. The number of nitrogens with zero attached hydrogens (tertiary/aromatic N) is 6. The number of ether oxygens (including phenoxy) is 4. The van der Waals surface area contributed by atoms with E-state index in [1.807, 2.05) is 0 Å². The molecule has 0 spiro atoms. The van der Waals surface area contributed by atoms with E-state index in [4.69, 9.17) is 18.9 Å². The van der Waals surface area contributed by atoms with Gasteiger partial charge in [0.2, 0.25) is 0 Å². The highest BCUT2D eigenvalue weighted by molar-refractivity contribution is 4.96. The van der Waals surface area contributed by atoms with Crippen molar-refractivity contribution >= 4 is 0 Å². The number of rotatable bonds is 17. The smallest absolute Gasteiger partial charge is 0.295 e. The maximum atomic E-state index is 11.3. The van der Waals surface area contributed by atoms with Gasteiger partial charge in [0.05, 0.1) is 6.10 Å². The zero-order valence-corrected chi connectivity index (χ0v) is 20.9. The van der Waals surface area contributed by atoms with Gasteiger partial charge in [0.1, 0.15) is 37.6 Å². The fraction of sp³-hybridized carbons (Fsp3) is 1.00. The molecule has 2 aliphatic rings. The van der Waals surface area contributed by atoms with Crippen molar-refractivity contribution in [3.05, 3.63) is 60.7 Å². The molecule has 28 nitrogen and oxygen atoms in total. The third-order valence-corrected chi connectivity index (χ3v) is 5.54. The molecule has 2 fully saturated rings. The van der Waals surface area contributed by atoms with Crippen LogP contribution in [0.2, 0.25) is 0 Å². The van der Waals surface area contributed by atoms with Gasteiger partial charge in [-0.1, -0.05) is 0 Å². The van der Waals surface area contributed by atoms with Crippen LogP contribution in [0.4, 0.5) is 0 Å². The fourth-order valence-corrected chi connectivity index (χ4v) is 4.12. The van der Waals surface area contributed by atoms with Crippen LogP contribution in [0.15, 0.2) is 0 Å². The number of hydrogen-bond acceptors (Lipinski definition) is 22. The van der Waals surface area contributed by atoms with Gasteiger partial charge in [-0.3, -0.25) is 0 Å². The topological polar surface area (TPSA) is 351 Å². The standard InChI is InChI=1S/C14H20N6O22/c1-5-8(39-17(25)26)11(40-18(27)28)10(7(36-5)4-35-16(23)24)38-14-13(42-20(31)32)12(41-19(29)30)9(33-2)6(37-14)3-34-15(21)22/h5-14H,3-4H2,1-2H3/t5?,6?,7-,8?,9+,10+,11?,12-,13?,14-/m0/s1. The summed E-state index contributed by atoms with van der Waals surface area (Å²) in [6, 6.07) is 0. The van der Waals surface area contributed by atoms with Gasteiger partial charge >= 0.3 is 0 Å². The van der Waals surface area contributed by atoms with Crippen LogP contribution >= 0.6 is 0 Å². The summed E-state index contributed by atoms with van der Waals surface area (Å²) in [5.74, 6) is 0. The van der Waals surface area contributed by atoms with E-state index in [1.54, 1.807) is 0 Å². The summed E-state index contributed by atoms with van der Waals surface area (Å²) < 4.78 is 21.3. The molecular weight excluding hydrogens is 604 g/mol. The van der Waals surface area contributed by atoms with Crippen LogP contribution in [-0.4, -0.2) is 112 Å². The molecule has 0 aromatic rings. The molecule has 0 aliphatic carbocycles. The third kappa shape index (κ3) is 9.03. The average Bonchev–Trinajstić information content (AvgIpc) is 2.86. The van der Waals surface area contributed by atoms with Gasteiger partial charge < -0.3 is 48.0 Å². The van der Waals surface area contributed by atoms with E-state index in [9.17, 15) is 60.7 Å². The van der Waals surface area contributed by atoms with Gasteiger partial charge in [-0.2, -0.15) is 0 Å². The summed E-state index contributed by atoms with van der Waals surface area (Å²) in [6.07, 6.45) is -20.1. The molecule has 10 atom stereocenters. The molecule has 0 N–H and O–H groups in total. The Kier molecular flexibility index (Phi) is 11.6. The summed E-state index contributed by atoms with van der Waals surface area (Å²) in [7, 11) is 0.899. The first-order valence-electron chi connectivity index (χ1n) is 10.9. The third-order valence-electron chi connectivity index (χ3n) is 5.54. The van der Waals surface area contributed by atoms with Crippen molar-refractivity contribution in [2.75, 3.05) is 20.3 Å². The van der Waals surface area contributed by atoms with E-state index in [1.165, 1.54) is 0 Å². The van der Waals surface area contributed by atoms with Crippen LogP contribution < -0.4 is 0 Å². The van der Waals surface area contributed by atoms with Crippen LogP contribution in [0, 0.1) is 60.7 Å². The van der Waals surface area contributed by atoms with Crippen LogP contribution in [-0.2, 0) is 48.0 Å². The maximum Gasteiger partial charge on any atom is 0.295 e. The van der Waals surface area contributed by atoms with Gasteiger partial charge in [-0.25, -0.2) is 0 Å². The van der Waals surface area contributed by atoms with Crippen molar-refractivity contribution in [3.8, 4) is 0 Å². The quantitative estimate of drug-likeness (QED) is 0.120. The molecule has 2 rings (SSSR count). The molecule has 5 unspecified atom stereocenters. The Hall–Kier alpha value is -4.96. The molecule has 2 aliphatic heterocycles. The Morgan fingerprint density at radius 2 is 0.952 bits per heavy atom. The summed E-state index contributed by atoms with van der Waals surface area (Å²) in [5, 5.41) is 57.9. The SMILES string of the molecule is CO[C@@H]1C(CO[N+](=O)[O-])O[C@@H](O[C@H]2C(O[N+](=O)[O-])C(O[N+](=O)[O-])C(C)O[C@H]2CO[N+](=O)[O-])C(O[N+](=O)[O-])[C@H]1O[N+](=O)[O-]. The average molecular weight is 624 g/mol.